The van der Waals surface area contributed by atoms with Gasteiger partial charge in [0.15, 0.2) is 0 Å². The standard InChI is InChI=1S/C16H22N2O2/c1-3-5-16-17-8-9-18(16)11-14(19)12-20-15-7-4-6-13(2)10-15/h4,6-10,14,19H,3,5,11-12H2,1-2H3. The fraction of sp³-hybridized carbons (Fsp3) is 0.438. The van der Waals surface area contributed by atoms with Gasteiger partial charge in [0.05, 0.1) is 6.54 Å². The highest BCUT2D eigenvalue weighted by molar-refractivity contribution is 5.27. The monoisotopic (exact) mass is 274 g/mol. The first-order valence-corrected chi connectivity index (χ1v) is 7.06. The Morgan fingerprint density at radius 2 is 2.25 bits per heavy atom. The highest BCUT2D eigenvalue weighted by atomic mass is 16.5. The van der Waals surface area contributed by atoms with Crippen molar-refractivity contribution < 1.29 is 9.84 Å². The number of aromatic nitrogens is 2. The second-order valence-electron chi connectivity index (χ2n) is 5.03. The van der Waals surface area contributed by atoms with Gasteiger partial charge in [-0.15, -0.1) is 0 Å². The van der Waals surface area contributed by atoms with Gasteiger partial charge >= 0.3 is 0 Å². The number of aliphatic hydroxyl groups excluding tert-OH is 1. The Bertz CT molecular complexity index is 537. The Morgan fingerprint density at radius 1 is 1.40 bits per heavy atom. The van der Waals surface area contributed by atoms with E-state index in [9.17, 15) is 5.11 Å². The topological polar surface area (TPSA) is 47.3 Å². The number of hydrogen-bond donors (Lipinski definition) is 1. The quantitative estimate of drug-likeness (QED) is 0.844. The van der Waals surface area contributed by atoms with Crippen LogP contribution in [0.3, 0.4) is 0 Å². The van der Waals surface area contributed by atoms with Gasteiger partial charge in [0.2, 0.25) is 0 Å². The zero-order valence-electron chi connectivity index (χ0n) is 12.1. The molecule has 1 atom stereocenters. The summed E-state index contributed by atoms with van der Waals surface area (Å²) in [4.78, 5) is 4.30. The molecule has 108 valence electrons. The maximum absolute atomic E-state index is 10.1. The molecule has 1 heterocycles. The van der Waals surface area contributed by atoms with Gasteiger partial charge in [-0.3, -0.25) is 0 Å². The summed E-state index contributed by atoms with van der Waals surface area (Å²) >= 11 is 0. The maximum Gasteiger partial charge on any atom is 0.119 e. The van der Waals surface area contributed by atoms with Crippen molar-refractivity contribution >= 4 is 0 Å². The Balaban J connectivity index is 1.86. The van der Waals surface area contributed by atoms with Crippen molar-refractivity contribution in [3.8, 4) is 5.75 Å². The molecule has 2 aromatic rings. The van der Waals surface area contributed by atoms with E-state index < -0.39 is 6.10 Å². The van der Waals surface area contributed by atoms with Crippen LogP contribution in [0, 0.1) is 6.92 Å². The van der Waals surface area contributed by atoms with Gasteiger partial charge in [0, 0.05) is 18.8 Å². The Morgan fingerprint density at radius 3 is 3.00 bits per heavy atom. The summed E-state index contributed by atoms with van der Waals surface area (Å²) < 4.78 is 7.61. The van der Waals surface area contributed by atoms with Crippen LogP contribution >= 0.6 is 0 Å². The molecule has 1 N–H and O–H groups in total. The minimum atomic E-state index is -0.541. The number of aryl methyl sites for hydroxylation is 2. The van der Waals surface area contributed by atoms with E-state index in [0.29, 0.717) is 6.54 Å². The predicted octanol–water partition coefficient (Wildman–Crippen LogP) is 2.58. The van der Waals surface area contributed by atoms with Gasteiger partial charge in [-0.2, -0.15) is 0 Å². The smallest absolute Gasteiger partial charge is 0.119 e. The zero-order chi connectivity index (χ0) is 14.4. The molecule has 2 rings (SSSR count). The van der Waals surface area contributed by atoms with Gasteiger partial charge in [-0.05, 0) is 31.0 Å². The zero-order valence-corrected chi connectivity index (χ0v) is 12.1. The first-order chi connectivity index (χ1) is 9.69. The number of hydrogen-bond acceptors (Lipinski definition) is 3. The molecule has 0 aliphatic rings. The van der Waals surface area contributed by atoms with Crippen LogP contribution in [0.4, 0.5) is 0 Å². The molecule has 4 nitrogen and oxygen atoms in total. The lowest BCUT2D eigenvalue weighted by atomic mass is 10.2. The van der Waals surface area contributed by atoms with Crippen molar-refractivity contribution in [2.24, 2.45) is 0 Å². The molecule has 1 aromatic heterocycles. The molecule has 1 aromatic carbocycles. The fourth-order valence-corrected chi connectivity index (χ4v) is 2.14. The second-order valence-corrected chi connectivity index (χ2v) is 5.03. The lowest BCUT2D eigenvalue weighted by Crippen LogP contribution is -2.24. The van der Waals surface area contributed by atoms with E-state index in [-0.39, 0.29) is 6.61 Å². The van der Waals surface area contributed by atoms with Crippen LogP contribution in [-0.4, -0.2) is 27.4 Å². The molecular weight excluding hydrogens is 252 g/mol. The molecule has 0 fully saturated rings. The number of benzene rings is 1. The molecule has 0 bridgehead atoms. The van der Waals surface area contributed by atoms with Crippen molar-refractivity contribution in [2.45, 2.75) is 39.3 Å². The molecule has 0 saturated heterocycles. The van der Waals surface area contributed by atoms with Crippen molar-refractivity contribution in [1.29, 1.82) is 0 Å². The molecular formula is C16H22N2O2. The summed E-state index contributed by atoms with van der Waals surface area (Å²) in [5.41, 5.74) is 1.15. The molecule has 20 heavy (non-hydrogen) atoms. The molecule has 0 aliphatic heterocycles. The number of nitrogens with zero attached hydrogens (tertiary/aromatic N) is 2. The highest BCUT2D eigenvalue weighted by Crippen LogP contribution is 2.13. The average Bonchev–Trinajstić information content (AvgIpc) is 2.84. The van der Waals surface area contributed by atoms with Crippen LogP contribution in [0.15, 0.2) is 36.7 Å². The highest BCUT2D eigenvalue weighted by Gasteiger charge is 2.09. The van der Waals surface area contributed by atoms with Crippen LogP contribution in [0.2, 0.25) is 0 Å². The number of imidazole rings is 1. The third-order valence-electron chi connectivity index (χ3n) is 3.11. The van der Waals surface area contributed by atoms with Crippen molar-refractivity contribution in [3.05, 3.63) is 48.0 Å². The minimum absolute atomic E-state index is 0.285. The summed E-state index contributed by atoms with van der Waals surface area (Å²) in [6.45, 7) is 4.94. The Kier molecular flexibility index (Phi) is 5.18. The lowest BCUT2D eigenvalue weighted by Gasteiger charge is -2.15. The number of ether oxygens (including phenoxy) is 1. The lowest BCUT2D eigenvalue weighted by molar-refractivity contribution is 0.0917. The van der Waals surface area contributed by atoms with Crippen LogP contribution < -0.4 is 4.74 Å². The normalized spacial score (nSPS) is 12.3. The molecule has 0 amide bonds. The third kappa shape index (κ3) is 4.10. The molecule has 0 aliphatic carbocycles. The maximum atomic E-state index is 10.1. The van der Waals surface area contributed by atoms with Crippen molar-refractivity contribution in [1.82, 2.24) is 9.55 Å². The van der Waals surface area contributed by atoms with Gasteiger partial charge in [0.1, 0.15) is 24.3 Å². The molecule has 1 unspecified atom stereocenters. The average molecular weight is 274 g/mol. The van der Waals surface area contributed by atoms with Crippen LogP contribution in [0.1, 0.15) is 24.7 Å². The van der Waals surface area contributed by atoms with Crippen LogP contribution in [0.5, 0.6) is 5.75 Å². The Labute approximate surface area is 120 Å². The largest absolute Gasteiger partial charge is 0.491 e. The van der Waals surface area contributed by atoms with Crippen molar-refractivity contribution in [3.63, 3.8) is 0 Å². The minimum Gasteiger partial charge on any atom is -0.491 e. The SMILES string of the molecule is CCCc1nccn1CC(O)COc1cccc(C)c1. The van der Waals surface area contributed by atoms with Crippen LogP contribution in [-0.2, 0) is 13.0 Å². The molecule has 0 radical (unpaired) electrons. The first-order valence-electron chi connectivity index (χ1n) is 7.06. The van der Waals surface area contributed by atoms with E-state index in [1.54, 1.807) is 6.20 Å². The summed E-state index contributed by atoms with van der Waals surface area (Å²) in [6.07, 6.45) is 5.12. The molecule has 0 saturated carbocycles. The van der Waals surface area contributed by atoms with E-state index in [0.717, 1.165) is 30.0 Å². The van der Waals surface area contributed by atoms with E-state index in [1.165, 1.54) is 0 Å². The summed E-state index contributed by atoms with van der Waals surface area (Å²) in [5.74, 6) is 1.81. The number of aliphatic hydroxyl groups is 1. The second kappa shape index (κ2) is 7.10. The number of rotatable bonds is 7. The van der Waals surface area contributed by atoms with Crippen molar-refractivity contribution in [2.75, 3.05) is 6.61 Å². The van der Waals surface area contributed by atoms with Gasteiger partial charge in [0.25, 0.3) is 0 Å². The van der Waals surface area contributed by atoms with Crippen LogP contribution in [0.25, 0.3) is 0 Å². The van der Waals surface area contributed by atoms with Gasteiger partial charge in [-0.1, -0.05) is 19.1 Å². The fourth-order valence-electron chi connectivity index (χ4n) is 2.14. The molecule has 4 heteroatoms. The predicted molar refractivity (Wildman–Crippen MR) is 78.9 cm³/mol. The van der Waals surface area contributed by atoms with E-state index in [2.05, 4.69) is 11.9 Å². The third-order valence-corrected chi connectivity index (χ3v) is 3.11. The first kappa shape index (κ1) is 14.6. The van der Waals surface area contributed by atoms with E-state index >= 15 is 0 Å². The van der Waals surface area contributed by atoms with Gasteiger partial charge in [-0.25, -0.2) is 4.98 Å². The van der Waals surface area contributed by atoms with E-state index in [4.69, 9.17) is 4.74 Å². The van der Waals surface area contributed by atoms with E-state index in [1.807, 2.05) is 42.0 Å². The van der Waals surface area contributed by atoms with Gasteiger partial charge < -0.3 is 14.4 Å². The summed E-state index contributed by atoms with van der Waals surface area (Å²) in [7, 11) is 0. The Hall–Kier alpha value is -1.81. The summed E-state index contributed by atoms with van der Waals surface area (Å²) in [5, 5.41) is 10.1. The summed E-state index contributed by atoms with van der Waals surface area (Å²) in [6, 6.07) is 7.84. The molecule has 0 spiro atoms.